The Morgan fingerprint density at radius 2 is 1.45 bits per heavy atom. The molecule has 0 saturated heterocycles. The van der Waals surface area contributed by atoms with Crippen LogP contribution >= 0.6 is 0 Å². The highest BCUT2D eigenvalue weighted by atomic mass is 16.6. The third-order valence-electron chi connectivity index (χ3n) is 6.36. The van der Waals surface area contributed by atoms with Crippen LogP contribution in [0.5, 0.6) is 0 Å². The van der Waals surface area contributed by atoms with Gasteiger partial charge in [0.1, 0.15) is 23.7 Å². The normalized spacial score (nSPS) is 16.7. The van der Waals surface area contributed by atoms with Crippen molar-refractivity contribution >= 4 is 35.6 Å². The van der Waals surface area contributed by atoms with Gasteiger partial charge in [-0.3, -0.25) is 19.2 Å². The molecule has 13 nitrogen and oxygen atoms in total. The summed E-state index contributed by atoms with van der Waals surface area (Å²) in [6.07, 6.45) is 3.35. The maximum absolute atomic E-state index is 13.2. The molecule has 1 rings (SSSR count). The Labute approximate surface area is 223 Å². The van der Waals surface area contributed by atoms with Crippen LogP contribution in [0.1, 0.15) is 85.0 Å². The second kappa shape index (κ2) is 16.0. The molecule has 9 N–H and O–H groups in total. The van der Waals surface area contributed by atoms with E-state index >= 15 is 0 Å². The number of nitrogens with two attached hydrogens (primary N) is 3. The number of hydrogen-bond acceptors (Lipinski definition) is 9. The second-order valence-corrected chi connectivity index (χ2v) is 10.4. The van der Waals surface area contributed by atoms with Crippen LogP contribution < -0.4 is 33.2 Å². The van der Waals surface area contributed by atoms with Crippen LogP contribution in [0.2, 0.25) is 0 Å². The van der Waals surface area contributed by atoms with Crippen molar-refractivity contribution in [1.82, 2.24) is 16.0 Å². The predicted molar refractivity (Wildman–Crippen MR) is 139 cm³/mol. The highest BCUT2D eigenvalue weighted by molar-refractivity contribution is 5.97. The number of amides is 4. The van der Waals surface area contributed by atoms with E-state index in [2.05, 4.69) is 16.0 Å². The first kappa shape index (κ1) is 33.0. The first-order chi connectivity index (χ1) is 17.8. The zero-order valence-electron chi connectivity index (χ0n) is 22.7. The van der Waals surface area contributed by atoms with Crippen LogP contribution in [0, 0.1) is 5.92 Å². The van der Waals surface area contributed by atoms with Crippen LogP contribution in [-0.2, 0) is 33.5 Å². The fourth-order valence-electron chi connectivity index (χ4n) is 4.26. The van der Waals surface area contributed by atoms with Crippen molar-refractivity contribution in [2.24, 2.45) is 23.1 Å². The van der Waals surface area contributed by atoms with Gasteiger partial charge in [-0.15, -0.1) is 0 Å². The molecule has 0 radical (unpaired) electrons. The van der Waals surface area contributed by atoms with E-state index < -0.39 is 59.2 Å². The summed E-state index contributed by atoms with van der Waals surface area (Å²) in [7, 11) is 0. The summed E-state index contributed by atoms with van der Waals surface area (Å²) in [5.74, 6) is -4.26. The zero-order chi connectivity index (χ0) is 28.9. The van der Waals surface area contributed by atoms with Gasteiger partial charge in [0.05, 0.1) is 0 Å². The van der Waals surface area contributed by atoms with E-state index in [4.69, 9.17) is 21.9 Å². The van der Waals surface area contributed by atoms with Gasteiger partial charge in [-0.25, -0.2) is 9.59 Å². The monoisotopic (exact) mass is 540 g/mol. The van der Waals surface area contributed by atoms with Gasteiger partial charge >= 0.3 is 11.9 Å². The molecule has 1 fully saturated rings. The van der Waals surface area contributed by atoms with Crippen molar-refractivity contribution in [3.63, 3.8) is 0 Å². The molecule has 1 aliphatic carbocycles. The minimum absolute atomic E-state index is 0.0818. The molecule has 0 aromatic rings. The van der Waals surface area contributed by atoms with Gasteiger partial charge in [-0.2, -0.15) is 0 Å². The third kappa shape index (κ3) is 11.5. The molecule has 216 valence electrons. The lowest BCUT2D eigenvalue weighted by Gasteiger charge is -2.26. The van der Waals surface area contributed by atoms with Crippen LogP contribution in [0.15, 0.2) is 0 Å². The van der Waals surface area contributed by atoms with Crippen molar-refractivity contribution in [2.45, 2.75) is 109 Å². The molecule has 1 aliphatic rings. The Balaban J connectivity index is 3.04. The molecule has 1 saturated carbocycles. The molecular weight excluding hydrogens is 496 g/mol. The Kier molecular flexibility index (Phi) is 13.9. The first-order valence-corrected chi connectivity index (χ1v) is 13.2. The van der Waals surface area contributed by atoms with Gasteiger partial charge in [-0.1, -0.05) is 26.7 Å². The Morgan fingerprint density at radius 3 is 1.97 bits per heavy atom. The number of carbonyl (C=O) groups excluding carboxylic acids is 6. The Morgan fingerprint density at radius 1 is 0.868 bits per heavy atom. The molecule has 3 atom stereocenters. The number of nitrogens with one attached hydrogen (secondary N) is 3. The largest absolute Gasteiger partial charge is 0.390 e. The van der Waals surface area contributed by atoms with E-state index in [-0.39, 0.29) is 25.2 Å². The van der Waals surface area contributed by atoms with E-state index in [9.17, 15) is 28.8 Å². The zero-order valence-corrected chi connectivity index (χ0v) is 22.7. The van der Waals surface area contributed by atoms with E-state index in [1.165, 1.54) is 6.92 Å². The summed E-state index contributed by atoms with van der Waals surface area (Å²) < 4.78 is 5.00. The summed E-state index contributed by atoms with van der Waals surface area (Å²) in [6, 6.07) is -3.31. The van der Waals surface area contributed by atoms with Gasteiger partial charge in [0.25, 0.3) is 0 Å². The van der Waals surface area contributed by atoms with E-state index in [1.807, 2.05) is 13.8 Å². The average molecular weight is 541 g/mol. The van der Waals surface area contributed by atoms with Crippen molar-refractivity contribution < 1.29 is 33.5 Å². The molecule has 0 aliphatic heterocycles. The Hall–Kier alpha value is -3.06. The maximum atomic E-state index is 13.2. The molecule has 38 heavy (non-hydrogen) atoms. The highest BCUT2D eigenvalue weighted by Gasteiger charge is 2.41. The minimum Gasteiger partial charge on any atom is -0.390 e. The van der Waals surface area contributed by atoms with E-state index in [1.54, 1.807) is 0 Å². The summed E-state index contributed by atoms with van der Waals surface area (Å²) in [6.45, 7) is 5.45. The topological polar surface area (TPSA) is 226 Å². The first-order valence-electron chi connectivity index (χ1n) is 13.2. The standard InChI is InChI=1S/C25H44N6O7/c1-15(2)14-19(29-16(3)32)22(35)30-17(8-4-7-13-26)21(34)31-18(9-10-20(27)33)23(36)38-24(37)25(28)11-5-6-12-25/h15,17-19H,4-14,26,28H2,1-3H3,(H2,27,33)(H,29,32)(H,30,35)(H,31,34)/t17-,18-,19-/m0/s1. The molecule has 0 aromatic heterocycles. The number of ether oxygens (including phenoxy) is 1. The quantitative estimate of drug-likeness (QED) is 0.0820. The van der Waals surface area contributed by atoms with Gasteiger partial charge in [0.2, 0.25) is 23.6 Å². The lowest BCUT2D eigenvalue weighted by Crippen LogP contribution is -2.56. The second-order valence-electron chi connectivity index (χ2n) is 10.4. The lowest BCUT2D eigenvalue weighted by molar-refractivity contribution is -0.165. The van der Waals surface area contributed by atoms with Crippen LogP contribution in [-0.4, -0.2) is 65.8 Å². The van der Waals surface area contributed by atoms with E-state index in [0.717, 1.165) is 12.8 Å². The smallest absolute Gasteiger partial charge is 0.336 e. The van der Waals surface area contributed by atoms with E-state index in [0.29, 0.717) is 38.6 Å². The molecule has 0 spiro atoms. The van der Waals surface area contributed by atoms with Crippen LogP contribution in [0.4, 0.5) is 0 Å². The summed E-state index contributed by atoms with van der Waals surface area (Å²) >= 11 is 0. The van der Waals surface area contributed by atoms with Crippen molar-refractivity contribution in [1.29, 1.82) is 0 Å². The molecule has 13 heteroatoms. The maximum Gasteiger partial charge on any atom is 0.336 e. The fraction of sp³-hybridized carbons (Fsp3) is 0.760. The average Bonchev–Trinajstić information content (AvgIpc) is 3.27. The molecular formula is C25H44N6O7. The highest BCUT2D eigenvalue weighted by Crippen LogP contribution is 2.28. The van der Waals surface area contributed by atoms with Crippen molar-refractivity contribution in [2.75, 3.05) is 6.54 Å². The van der Waals surface area contributed by atoms with Crippen molar-refractivity contribution in [3.8, 4) is 0 Å². The predicted octanol–water partition coefficient (Wildman–Crippen LogP) is -0.757. The van der Waals surface area contributed by atoms with Gasteiger partial charge in [0, 0.05) is 13.3 Å². The molecule has 0 bridgehead atoms. The summed E-state index contributed by atoms with van der Waals surface area (Å²) in [4.78, 5) is 74.6. The molecule has 0 heterocycles. The third-order valence-corrected chi connectivity index (χ3v) is 6.36. The van der Waals surface area contributed by atoms with Crippen LogP contribution in [0.3, 0.4) is 0 Å². The SMILES string of the molecule is CC(=O)N[C@@H](CC(C)C)C(=O)N[C@@H](CCCCN)C(=O)N[C@@H](CCC(N)=O)C(=O)OC(=O)C1(N)CCCC1. The molecule has 0 aromatic carbocycles. The molecule has 0 unspecified atom stereocenters. The number of hydrogen-bond donors (Lipinski definition) is 6. The number of unbranched alkanes of at least 4 members (excludes halogenated alkanes) is 1. The lowest BCUT2D eigenvalue weighted by atomic mass is 10.00. The Bertz CT molecular complexity index is 857. The van der Waals surface area contributed by atoms with Crippen LogP contribution in [0.25, 0.3) is 0 Å². The minimum atomic E-state index is -1.38. The number of rotatable bonds is 16. The molecule has 4 amide bonds. The van der Waals surface area contributed by atoms with Crippen molar-refractivity contribution in [3.05, 3.63) is 0 Å². The number of carbonyl (C=O) groups is 6. The number of primary amides is 1. The van der Waals surface area contributed by atoms with Gasteiger partial charge in [0.15, 0.2) is 0 Å². The van der Waals surface area contributed by atoms with Gasteiger partial charge < -0.3 is 37.9 Å². The summed E-state index contributed by atoms with van der Waals surface area (Å²) in [5, 5.41) is 7.72. The number of esters is 2. The summed E-state index contributed by atoms with van der Waals surface area (Å²) in [5.41, 5.74) is 15.6. The fourth-order valence-corrected chi connectivity index (χ4v) is 4.26. The van der Waals surface area contributed by atoms with Gasteiger partial charge in [-0.05, 0) is 57.4 Å².